The third-order valence-electron chi connectivity index (χ3n) is 4.45. The van der Waals surface area contributed by atoms with Crippen LogP contribution in [-0.2, 0) is 9.59 Å². The minimum absolute atomic E-state index is 0.0572. The molecular formula is C14H23N3O4. The van der Waals surface area contributed by atoms with Crippen molar-refractivity contribution in [1.29, 1.82) is 0 Å². The number of piperidine rings is 2. The number of carbonyl (C=O) groups excluding carboxylic acids is 2. The molecule has 0 aromatic carbocycles. The van der Waals surface area contributed by atoms with Crippen LogP contribution in [0.2, 0.25) is 0 Å². The normalized spacial score (nSPS) is 30.2. The van der Waals surface area contributed by atoms with Crippen LogP contribution in [0, 0.1) is 5.41 Å². The summed E-state index contributed by atoms with van der Waals surface area (Å²) in [4.78, 5) is 38.2. The molecule has 2 N–H and O–H groups in total. The molecule has 2 fully saturated rings. The number of carboxylic acids is 1. The standard InChI is InChI=1S/C14H23N3O4/c1-14(12(19)20)6-3-7-17(9-14)13(21)15-10-4-5-11(18)16(2)8-10/h10H,3-9H2,1-2H3,(H,15,21)(H,19,20). The molecule has 0 spiro atoms. The number of carbonyl (C=O) groups is 3. The maximum Gasteiger partial charge on any atom is 0.317 e. The highest BCUT2D eigenvalue weighted by Crippen LogP contribution is 2.29. The van der Waals surface area contributed by atoms with Gasteiger partial charge in [-0.1, -0.05) is 0 Å². The largest absolute Gasteiger partial charge is 0.481 e. The van der Waals surface area contributed by atoms with Gasteiger partial charge >= 0.3 is 12.0 Å². The quantitative estimate of drug-likeness (QED) is 0.777. The molecule has 2 aliphatic heterocycles. The van der Waals surface area contributed by atoms with Gasteiger partial charge in [-0.25, -0.2) is 4.79 Å². The first-order valence-electron chi connectivity index (χ1n) is 7.34. The van der Waals surface area contributed by atoms with Crippen molar-refractivity contribution in [1.82, 2.24) is 15.1 Å². The van der Waals surface area contributed by atoms with Crippen molar-refractivity contribution < 1.29 is 19.5 Å². The Bertz CT molecular complexity index is 454. The third-order valence-corrected chi connectivity index (χ3v) is 4.45. The average Bonchev–Trinajstić information content (AvgIpc) is 2.43. The van der Waals surface area contributed by atoms with Crippen LogP contribution in [0.25, 0.3) is 0 Å². The number of amides is 3. The van der Waals surface area contributed by atoms with E-state index in [9.17, 15) is 19.5 Å². The van der Waals surface area contributed by atoms with Crippen molar-refractivity contribution in [2.24, 2.45) is 5.41 Å². The van der Waals surface area contributed by atoms with Gasteiger partial charge in [-0.2, -0.15) is 0 Å². The Morgan fingerprint density at radius 3 is 2.76 bits per heavy atom. The first-order chi connectivity index (χ1) is 9.82. The molecule has 0 aliphatic carbocycles. The molecule has 7 heteroatoms. The van der Waals surface area contributed by atoms with Crippen molar-refractivity contribution in [3.05, 3.63) is 0 Å². The van der Waals surface area contributed by atoms with E-state index in [0.717, 1.165) is 0 Å². The highest BCUT2D eigenvalue weighted by atomic mass is 16.4. The number of likely N-dealkylation sites (tertiary alicyclic amines) is 2. The first kappa shape index (κ1) is 15.6. The summed E-state index contributed by atoms with van der Waals surface area (Å²) >= 11 is 0. The molecule has 0 saturated carbocycles. The van der Waals surface area contributed by atoms with Crippen LogP contribution >= 0.6 is 0 Å². The molecule has 2 heterocycles. The van der Waals surface area contributed by atoms with E-state index in [1.165, 1.54) is 0 Å². The molecule has 0 aromatic rings. The Balaban J connectivity index is 1.91. The number of aliphatic carboxylic acids is 1. The molecule has 0 aromatic heterocycles. The van der Waals surface area contributed by atoms with Crippen LogP contribution in [0.1, 0.15) is 32.6 Å². The molecule has 2 rings (SSSR count). The van der Waals surface area contributed by atoms with Crippen molar-refractivity contribution >= 4 is 17.9 Å². The monoisotopic (exact) mass is 297 g/mol. The minimum Gasteiger partial charge on any atom is -0.481 e. The number of rotatable bonds is 2. The summed E-state index contributed by atoms with van der Waals surface area (Å²) in [5, 5.41) is 12.2. The summed E-state index contributed by atoms with van der Waals surface area (Å²) in [6.45, 7) is 3.00. The van der Waals surface area contributed by atoms with Crippen molar-refractivity contribution in [2.75, 3.05) is 26.7 Å². The second kappa shape index (κ2) is 5.91. The SMILES string of the molecule is CN1CC(NC(=O)N2CCCC(C)(C(=O)O)C2)CCC1=O. The number of nitrogens with zero attached hydrogens (tertiary/aromatic N) is 2. The fraction of sp³-hybridized carbons (Fsp3) is 0.786. The second-order valence-corrected chi connectivity index (χ2v) is 6.35. The lowest BCUT2D eigenvalue weighted by Crippen LogP contribution is -2.56. The maximum atomic E-state index is 12.3. The van der Waals surface area contributed by atoms with Crippen molar-refractivity contribution in [3.63, 3.8) is 0 Å². The van der Waals surface area contributed by atoms with Crippen LogP contribution in [0.4, 0.5) is 4.79 Å². The second-order valence-electron chi connectivity index (χ2n) is 6.35. The zero-order valence-corrected chi connectivity index (χ0v) is 12.6. The molecule has 2 unspecified atom stereocenters. The van der Waals surface area contributed by atoms with Gasteiger partial charge in [-0.05, 0) is 26.2 Å². The number of nitrogens with one attached hydrogen (secondary N) is 1. The van der Waals surface area contributed by atoms with Crippen LogP contribution in [0.3, 0.4) is 0 Å². The highest BCUT2D eigenvalue weighted by molar-refractivity contribution is 5.80. The van der Waals surface area contributed by atoms with Gasteiger partial charge in [0.1, 0.15) is 0 Å². The zero-order chi connectivity index (χ0) is 15.6. The zero-order valence-electron chi connectivity index (χ0n) is 12.6. The highest BCUT2D eigenvalue weighted by Gasteiger charge is 2.39. The summed E-state index contributed by atoms with van der Waals surface area (Å²) in [6, 6.07) is -0.284. The van der Waals surface area contributed by atoms with Crippen molar-refractivity contribution in [3.8, 4) is 0 Å². The number of hydrogen-bond acceptors (Lipinski definition) is 3. The van der Waals surface area contributed by atoms with E-state index in [1.807, 2.05) is 0 Å². The summed E-state index contributed by atoms with van der Waals surface area (Å²) in [5.74, 6) is -0.764. The molecule has 118 valence electrons. The van der Waals surface area contributed by atoms with Gasteiger partial charge in [0.2, 0.25) is 5.91 Å². The lowest BCUT2D eigenvalue weighted by atomic mass is 9.82. The van der Waals surface area contributed by atoms with E-state index in [2.05, 4.69) is 5.32 Å². The topological polar surface area (TPSA) is 90.0 Å². The third kappa shape index (κ3) is 3.46. The fourth-order valence-electron chi connectivity index (χ4n) is 2.98. The predicted octanol–water partition coefficient (Wildman–Crippen LogP) is 0.503. The maximum absolute atomic E-state index is 12.3. The van der Waals surface area contributed by atoms with E-state index < -0.39 is 11.4 Å². The molecule has 2 saturated heterocycles. The molecule has 2 atom stereocenters. The van der Waals surface area contributed by atoms with Crippen molar-refractivity contribution in [2.45, 2.75) is 38.6 Å². The van der Waals surface area contributed by atoms with Gasteiger partial charge < -0.3 is 20.2 Å². The molecule has 7 nitrogen and oxygen atoms in total. The van der Waals surface area contributed by atoms with E-state index >= 15 is 0 Å². The molecule has 21 heavy (non-hydrogen) atoms. The first-order valence-corrected chi connectivity index (χ1v) is 7.34. The Morgan fingerprint density at radius 1 is 1.43 bits per heavy atom. The van der Waals surface area contributed by atoms with Crippen LogP contribution in [-0.4, -0.2) is 65.5 Å². The summed E-state index contributed by atoms with van der Waals surface area (Å²) < 4.78 is 0. The molecule has 2 aliphatic rings. The van der Waals surface area contributed by atoms with Gasteiger partial charge in [-0.15, -0.1) is 0 Å². The summed E-state index contributed by atoms with van der Waals surface area (Å²) in [7, 11) is 1.73. The van der Waals surface area contributed by atoms with Gasteiger partial charge in [0.25, 0.3) is 0 Å². The Labute approximate surface area is 124 Å². The van der Waals surface area contributed by atoms with Crippen LogP contribution in [0.5, 0.6) is 0 Å². The molecular weight excluding hydrogens is 274 g/mol. The number of likely N-dealkylation sites (N-methyl/N-ethyl adjacent to an activating group) is 1. The number of hydrogen-bond donors (Lipinski definition) is 2. The van der Waals surface area contributed by atoms with E-state index in [0.29, 0.717) is 38.8 Å². The van der Waals surface area contributed by atoms with Gasteiger partial charge in [-0.3, -0.25) is 9.59 Å². The van der Waals surface area contributed by atoms with Crippen LogP contribution < -0.4 is 5.32 Å². The summed E-state index contributed by atoms with van der Waals surface area (Å²) in [5.41, 5.74) is -0.866. The van der Waals surface area contributed by atoms with Gasteiger partial charge in [0, 0.05) is 39.1 Å². The lowest BCUT2D eigenvalue weighted by Gasteiger charge is -2.39. The van der Waals surface area contributed by atoms with Crippen LogP contribution in [0.15, 0.2) is 0 Å². The summed E-state index contributed by atoms with van der Waals surface area (Å²) in [6.07, 6.45) is 2.36. The lowest BCUT2D eigenvalue weighted by molar-refractivity contribution is -0.150. The van der Waals surface area contributed by atoms with Gasteiger partial charge in [0.15, 0.2) is 0 Å². The molecule has 3 amide bonds. The Morgan fingerprint density at radius 2 is 2.14 bits per heavy atom. The van der Waals surface area contributed by atoms with E-state index in [1.54, 1.807) is 23.8 Å². The predicted molar refractivity (Wildman–Crippen MR) is 75.7 cm³/mol. The Hall–Kier alpha value is -1.79. The average molecular weight is 297 g/mol. The van der Waals surface area contributed by atoms with Gasteiger partial charge in [0.05, 0.1) is 5.41 Å². The minimum atomic E-state index is -0.866. The Kier molecular flexibility index (Phi) is 4.39. The number of urea groups is 1. The fourth-order valence-corrected chi connectivity index (χ4v) is 2.98. The number of carboxylic acid groups (broad SMARTS) is 1. The molecule has 0 radical (unpaired) electrons. The molecule has 0 bridgehead atoms. The van der Waals surface area contributed by atoms with E-state index in [4.69, 9.17) is 0 Å². The van der Waals surface area contributed by atoms with E-state index in [-0.39, 0.29) is 24.5 Å². The smallest absolute Gasteiger partial charge is 0.317 e.